The number of benzene rings is 3. The lowest BCUT2D eigenvalue weighted by Gasteiger charge is -2.12. The predicted octanol–water partition coefficient (Wildman–Crippen LogP) is 6.01. The first-order chi connectivity index (χ1) is 13.7. The van der Waals surface area contributed by atoms with Crippen LogP contribution in [-0.4, -0.2) is 14.3 Å². The highest BCUT2D eigenvalue weighted by Gasteiger charge is 2.17. The zero-order valence-corrected chi connectivity index (χ0v) is 18.1. The Hall–Kier alpha value is -2.25. The molecule has 0 bridgehead atoms. The molecule has 150 valence electrons. The SMILES string of the molecule is Cc1ccc(S(=O)(=O)Nc2ccc(C(=O)Nc3ccc(Cl)cc3Cl)c(Cl)c2)cc1. The minimum absolute atomic E-state index is 0.0803. The van der Waals surface area contributed by atoms with Crippen LogP contribution in [0.1, 0.15) is 15.9 Å². The van der Waals surface area contributed by atoms with Crippen LogP contribution in [0.4, 0.5) is 11.4 Å². The Morgan fingerprint density at radius 1 is 0.862 bits per heavy atom. The smallest absolute Gasteiger partial charge is 0.261 e. The van der Waals surface area contributed by atoms with E-state index in [-0.39, 0.29) is 26.2 Å². The van der Waals surface area contributed by atoms with E-state index in [2.05, 4.69) is 10.0 Å². The maximum Gasteiger partial charge on any atom is 0.261 e. The molecule has 3 rings (SSSR count). The van der Waals surface area contributed by atoms with Crippen LogP contribution in [0.25, 0.3) is 0 Å². The van der Waals surface area contributed by atoms with E-state index in [1.165, 1.54) is 36.4 Å². The number of sulfonamides is 1. The van der Waals surface area contributed by atoms with Crippen molar-refractivity contribution in [3.05, 3.63) is 86.9 Å². The van der Waals surface area contributed by atoms with Gasteiger partial charge in [-0.1, -0.05) is 52.5 Å². The van der Waals surface area contributed by atoms with Crippen LogP contribution in [-0.2, 0) is 10.0 Å². The molecular weight excluding hydrogens is 455 g/mol. The Balaban J connectivity index is 1.79. The van der Waals surface area contributed by atoms with Gasteiger partial charge in [-0.25, -0.2) is 8.42 Å². The Kier molecular flexibility index (Phi) is 6.39. The van der Waals surface area contributed by atoms with Gasteiger partial charge in [0.25, 0.3) is 15.9 Å². The van der Waals surface area contributed by atoms with Gasteiger partial charge in [-0.3, -0.25) is 9.52 Å². The number of halogens is 3. The molecule has 0 spiro atoms. The van der Waals surface area contributed by atoms with E-state index in [9.17, 15) is 13.2 Å². The molecule has 5 nitrogen and oxygen atoms in total. The Bertz CT molecular complexity index is 1180. The van der Waals surface area contributed by atoms with Gasteiger partial charge in [0.05, 0.1) is 31.9 Å². The van der Waals surface area contributed by atoms with Crippen molar-refractivity contribution in [2.45, 2.75) is 11.8 Å². The minimum atomic E-state index is -3.78. The van der Waals surface area contributed by atoms with Crippen LogP contribution in [0.5, 0.6) is 0 Å². The molecule has 9 heteroatoms. The second-order valence-electron chi connectivity index (χ2n) is 6.19. The number of hydrogen-bond acceptors (Lipinski definition) is 3. The Morgan fingerprint density at radius 3 is 2.17 bits per heavy atom. The van der Waals surface area contributed by atoms with E-state index in [0.29, 0.717) is 10.7 Å². The highest BCUT2D eigenvalue weighted by Crippen LogP contribution is 2.28. The number of hydrogen-bond donors (Lipinski definition) is 2. The van der Waals surface area contributed by atoms with Crippen molar-refractivity contribution in [3.63, 3.8) is 0 Å². The van der Waals surface area contributed by atoms with E-state index in [1.807, 2.05) is 6.92 Å². The molecule has 0 saturated carbocycles. The van der Waals surface area contributed by atoms with Crippen molar-refractivity contribution >= 4 is 62.1 Å². The number of aryl methyl sites for hydroxylation is 1. The molecule has 0 saturated heterocycles. The molecule has 0 fully saturated rings. The molecule has 0 heterocycles. The van der Waals surface area contributed by atoms with Crippen LogP contribution < -0.4 is 10.0 Å². The fourth-order valence-electron chi connectivity index (χ4n) is 2.47. The van der Waals surface area contributed by atoms with E-state index in [1.54, 1.807) is 24.3 Å². The maximum absolute atomic E-state index is 12.5. The average molecular weight is 470 g/mol. The first kappa shape index (κ1) is 21.5. The molecule has 29 heavy (non-hydrogen) atoms. The third kappa shape index (κ3) is 5.22. The van der Waals surface area contributed by atoms with E-state index >= 15 is 0 Å². The van der Waals surface area contributed by atoms with Gasteiger partial charge in [0, 0.05) is 5.02 Å². The molecular formula is C20H15Cl3N2O3S. The van der Waals surface area contributed by atoms with Gasteiger partial charge in [0.1, 0.15) is 0 Å². The first-order valence-electron chi connectivity index (χ1n) is 8.31. The molecule has 0 radical (unpaired) electrons. The normalized spacial score (nSPS) is 11.2. The zero-order valence-electron chi connectivity index (χ0n) is 15.0. The zero-order chi connectivity index (χ0) is 21.2. The molecule has 0 aliphatic rings. The van der Waals surface area contributed by atoms with Gasteiger partial charge in [0.15, 0.2) is 0 Å². The average Bonchev–Trinajstić information content (AvgIpc) is 2.64. The molecule has 0 aromatic heterocycles. The van der Waals surface area contributed by atoms with Crippen molar-refractivity contribution in [2.75, 3.05) is 10.0 Å². The van der Waals surface area contributed by atoms with E-state index in [4.69, 9.17) is 34.8 Å². The fourth-order valence-corrected chi connectivity index (χ4v) is 4.25. The summed E-state index contributed by atoms with van der Waals surface area (Å²) in [6.45, 7) is 1.87. The van der Waals surface area contributed by atoms with Gasteiger partial charge in [0.2, 0.25) is 0 Å². The van der Waals surface area contributed by atoms with Crippen LogP contribution in [0.2, 0.25) is 15.1 Å². The number of anilines is 2. The van der Waals surface area contributed by atoms with Crippen LogP contribution >= 0.6 is 34.8 Å². The molecule has 0 aliphatic heterocycles. The second-order valence-corrected chi connectivity index (χ2v) is 9.12. The van der Waals surface area contributed by atoms with Crippen molar-refractivity contribution in [3.8, 4) is 0 Å². The lowest BCUT2D eigenvalue weighted by atomic mass is 10.2. The molecule has 0 unspecified atom stereocenters. The quantitative estimate of drug-likeness (QED) is 0.480. The summed E-state index contributed by atoms with van der Waals surface area (Å²) in [6, 6.07) is 15.3. The topological polar surface area (TPSA) is 75.3 Å². The van der Waals surface area contributed by atoms with E-state index < -0.39 is 15.9 Å². The van der Waals surface area contributed by atoms with Gasteiger partial charge < -0.3 is 5.32 Å². The minimum Gasteiger partial charge on any atom is -0.321 e. The van der Waals surface area contributed by atoms with Crippen molar-refractivity contribution < 1.29 is 13.2 Å². The lowest BCUT2D eigenvalue weighted by molar-refractivity contribution is 0.102. The van der Waals surface area contributed by atoms with Crippen molar-refractivity contribution in [2.24, 2.45) is 0 Å². The van der Waals surface area contributed by atoms with Gasteiger partial charge in [-0.15, -0.1) is 0 Å². The lowest BCUT2D eigenvalue weighted by Crippen LogP contribution is -2.15. The summed E-state index contributed by atoms with van der Waals surface area (Å²) in [7, 11) is -3.78. The van der Waals surface area contributed by atoms with Crippen LogP contribution in [0, 0.1) is 6.92 Å². The first-order valence-corrected chi connectivity index (χ1v) is 10.9. The Labute approximate surface area is 183 Å². The molecule has 0 aliphatic carbocycles. The summed E-state index contributed by atoms with van der Waals surface area (Å²) in [6.07, 6.45) is 0. The van der Waals surface area contributed by atoms with Crippen molar-refractivity contribution in [1.82, 2.24) is 0 Å². The van der Waals surface area contributed by atoms with Gasteiger partial charge in [-0.2, -0.15) is 0 Å². The third-order valence-electron chi connectivity index (χ3n) is 3.98. The van der Waals surface area contributed by atoms with Crippen LogP contribution in [0.3, 0.4) is 0 Å². The maximum atomic E-state index is 12.5. The largest absolute Gasteiger partial charge is 0.321 e. The van der Waals surface area contributed by atoms with Gasteiger partial charge >= 0.3 is 0 Å². The summed E-state index contributed by atoms with van der Waals surface area (Å²) >= 11 is 18.1. The highest BCUT2D eigenvalue weighted by atomic mass is 35.5. The standard InChI is InChI=1S/C20H15Cl3N2O3S/c1-12-2-6-15(7-3-12)29(27,28)25-14-5-8-16(17(22)11-14)20(26)24-19-9-4-13(21)10-18(19)23/h2-11,25H,1H3,(H,24,26). The molecule has 2 N–H and O–H groups in total. The molecule has 1 amide bonds. The predicted molar refractivity (Wildman–Crippen MR) is 118 cm³/mol. The monoisotopic (exact) mass is 468 g/mol. The number of carbonyl (C=O) groups excluding carboxylic acids is 1. The highest BCUT2D eigenvalue weighted by molar-refractivity contribution is 7.92. The molecule has 3 aromatic carbocycles. The number of amides is 1. The van der Waals surface area contributed by atoms with Crippen LogP contribution in [0.15, 0.2) is 65.6 Å². The van der Waals surface area contributed by atoms with Crippen molar-refractivity contribution in [1.29, 1.82) is 0 Å². The molecule has 3 aromatic rings. The summed E-state index contributed by atoms with van der Waals surface area (Å²) < 4.78 is 27.4. The van der Waals surface area contributed by atoms with Gasteiger partial charge in [-0.05, 0) is 55.5 Å². The number of rotatable bonds is 5. The number of nitrogens with one attached hydrogen (secondary N) is 2. The molecule has 0 atom stereocenters. The third-order valence-corrected chi connectivity index (χ3v) is 6.23. The summed E-state index contributed by atoms with van der Waals surface area (Å²) in [5, 5.41) is 3.44. The second kappa shape index (κ2) is 8.63. The Morgan fingerprint density at radius 2 is 1.55 bits per heavy atom. The summed E-state index contributed by atoms with van der Waals surface area (Å²) in [5.41, 5.74) is 1.72. The van der Waals surface area contributed by atoms with E-state index in [0.717, 1.165) is 5.56 Å². The summed E-state index contributed by atoms with van der Waals surface area (Å²) in [4.78, 5) is 12.6. The fraction of sp³-hybridized carbons (Fsp3) is 0.0500. The number of carbonyl (C=O) groups is 1. The summed E-state index contributed by atoms with van der Waals surface area (Å²) in [5.74, 6) is -0.493.